The number of nitrogens with one attached hydrogen (secondary N) is 1. The second-order valence-corrected chi connectivity index (χ2v) is 9.01. The summed E-state index contributed by atoms with van der Waals surface area (Å²) in [5, 5.41) is 2.93. The maximum Gasteiger partial charge on any atom is 0.251 e. The minimum Gasteiger partial charge on any atom is -0.376 e. The molecule has 1 atom stereocenters. The van der Waals surface area contributed by atoms with Crippen LogP contribution in [0.2, 0.25) is 5.02 Å². The number of ether oxygens (including phenoxy) is 1. The van der Waals surface area contributed by atoms with Gasteiger partial charge in [0.25, 0.3) is 5.91 Å². The number of likely N-dealkylation sites (N-methyl/N-ethyl adjacent to an activating group) is 1. The predicted octanol–water partition coefficient (Wildman–Crippen LogP) is 1.18. The Kier molecular flexibility index (Phi) is 6.19. The molecular formula is C17H24ClN3O4S. The molecule has 26 heavy (non-hydrogen) atoms. The number of benzene rings is 1. The molecule has 1 N–H and O–H groups in total. The van der Waals surface area contributed by atoms with Crippen LogP contribution in [0.5, 0.6) is 0 Å². The first kappa shape index (κ1) is 19.6. The fraction of sp³-hybridized carbons (Fsp3) is 0.588. The van der Waals surface area contributed by atoms with Gasteiger partial charge in [-0.15, -0.1) is 0 Å². The molecule has 0 saturated carbocycles. The van der Waals surface area contributed by atoms with Gasteiger partial charge in [0.1, 0.15) is 4.90 Å². The van der Waals surface area contributed by atoms with Crippen LogP contribution in [0.1, 0.15) is 23.2 Å². The standard InChI is InChI=1S/C17H24ClN3O4S/c1-20-6-8-21(9-7-20)26(23,24)16-11-13(4-5-15(16)18)17(22)19-12-14-3-2-10-25-14/h4-5,11,14H,2-3,6-10,12H2,1H3,(H,19,22). The van der Waals surface area contributed by atoms with E-state index in [-0.39, 0.29) is 27.5 Å². The molecule has 3 rings (SSSR count). The monoisotopic (exact) mass is 401 g/mol. The number of amides is 1. The lowest BCUT2D eigenvalue weighted by Gasteiger charge is -2.31. The Labute approximate surface area is 159 Å². The van der Waals surface area contributed by atoms with Gasteiger partial charge in [-0.3, -0.25) is 4.79 Å². The van der Waals surface area contributed by atoms with Crippen molar-refractivity contribution in [3.63, 3.8) is 0 Å². The van der Waals surface area contributed by atoms with Gasteiger partial charge in [-0.1, -0.05) is 11.6 Å². The highest BCUT2D eigenvalue weighted by Crippen LogP contribution is 2.26. The highest BCUT2D eigenvalue weighted by atomic mass is 35.5. The Morgan fingerprint density at radius 2 is 2.04 bits per heavy atom. The Morgan fingerprint density at radius 1 is 1.31 bits per heavy atom. The Morgan fingerprint density at radius 3 is 2.69 bits per heavy atom. The summed E-state index contributed by atoms with van der Waals surface area (Å²) in [7, 11) is -1.78. The van der Waals surface area contributed by atoms with E-state index in [9.17, 15) is 13.2 Å². The molecule has 2 aliphatic heterocycles. The summed E-state index contributed by atoms with van der Waals surface area (Å²) in [5.41, 5.74) is 0.278. The summed E-state index contributed by atoms with van der Waals surface area (Å²) in [6.45, 7) is 3.28. The lowest BCUT2D eigenvalue weighted by molar-refractivity contribution is 0.0857. The molecule has 2 fully saturated rings. The van der Waals surface area contributed by atoms with Crippen LogP contribution in [0, 0.1) is 0 Å². The van der Waals surface area contributed by atoms with Gasteiger partial charge in [-0.05, 0) is 38.1 Å². The molecule has 0 aliphatic carbocycles. The van der Waals surface area contributed by atoms with Gasteiger partial charge in [0.05, 0.1) is 11.1 Å². The molecule has 9 heteroatoms. The summed E-state index contributed by atoms with van der Waals surface area (Å²) in [5.74, 6) is -0.327. The smallest absolute Gasteiger partial charge is 0.251 e. The first-order chi connectivity index (χ1) is 12.4. The quantitative estimate of drug-likeness (QED) is 0.801. The molecule has 0 spiro atoms. The zero-order valence-corrected chi connectivity index (χ0v) is 16.4. The second kappa shape index (κ2) is 8.22. The molecule has 2 heterocycles. The lowest BCUT2D eigenvalue weighted by Crippen LogP contribution is -2.47. The molecule has 1 aromatic rings. The van der Waals surface area contributed by atoms with Gasteiger partial charge in [0.15, 0.2) is 0 Å². The van der Waals surface area contributed by atoms with Gasteiger partial charge in [-0.25, -0.2) is 8.42 Å². The molecule has 0 aromatic heterocycles. The number of carbonyl (C=O) groups is 1. The van der Waals surface area contributed by atoms with Gasteiger partial charge >= 0.3 is 0 Å². The highest BCUT2D eigenvalue weighted by molar-refractivity contribution is 7.89. The van der Waals surface area contributed by atoms with Crippen molar-refractivity contribution in [2.24, 2.45) is 0 Å². The van der Waals surface area contributed by atoms with Crippen LogP contribution >= 0.6 is 11.6 Å². The summed E-state index contributed by atoms with van der Waals surface area (Å²) in [6.07, 6.45) is 1.94. The summed E-state index contributed by atoms with van der Waals surface area (Å²) in [4.78, 5) is 14.4. The second-order valence-electron chi connectivity index (χ2n) is 6.70. The van der Waals surface area contributed by atoms with E-state index in [1.807, 2.05) is 7.05 Å². The van der Waals surface area contributed by atoms with Crippen molar-refractivity contribution in [2.75, 3.05) is 46.4 Å². The van der Waals surface area contributed by atoms with Crippen molar-refractivity contribution < 1.29 is 17.9 Å². The van der Waals surface area contributed by atoms with Crippen LogP contribution in [0.3, 0.4) is 0 Å². The number of sulfonamides is 1. The van der Waals surface area contributed by atoms with E-state index in [2.05, 4.69) is 10.2 Å². The van der Waals surface area contributed by atoms with E-state index < -0.39 is 10.0 Å². The Bertz CT molecular complexity index is 757. The normalized spacial score (nSPS) is 22.5. The number of hydrogen-bond acceptors (Lipinski definition) is 5. The molecule has 2 aliphatic rings. The average Bonchev–Trinajstić information content (AvgIpc) is 3.14. The number of rotatable bonds is 5. The Hall–Kier alpha value is -1.19. The van der Waals surface area contributed by atoms with Gasteiger partial charge in [0.2, 0.25) is 10.0 Å². The average molecular weight is 402 g/mol. The van der Waals surface area contributed by atoms with Crippen LogP contribution in [-0.2, 0) is 14.8 Å². The van der Waals surface area contributed by atoms with Crippen LogP contribution < -0.4 is 5.32 Å². The molecular weight excluding hydrogens is 378 g/mol. The van der Waals surface area contributed by atoms with Gasteiger partial charge < -0.3 is 15.0 Å². The minimum absolute atomic E-state index is 0.0199. The van der Waals surface area contributed by atoms with Crippen molar-refractivity contribution in [3.05, 3.63) is 28.8 Å². The van der Waals surface area contributed by atoms with Gasteiger partial charge in [-0.2, -0.15) is 4.31 Å². The SMILES string of the molecule is CN1CCN(S(=O)(=O)c2cc(C(=O)NCC3CCCO3)ccc2Cl)CC1. The van der Waals surface area contributed by atoms with Crippen molar-refractivity contribution >= 4 is 27.5 Å². The number of carbonyl (C=O) groups excluding carboxylic acids is 1. The molecule has 1 unspecified atom stereocenters. The van der Waals surface area contributed by atoms with E-state index in [1.165, 1.54) is 22.5 Å². The first-order valence-corrected chi connectivity index (χ1v) is 10.6. The van der Waals surface area contributed by atoms with Crippen molar-refractivity contribution in [2.45, 2.75) is 23.8 Å². The summed E-state index contributed by atoms with van der Waals surface area (Å²) >= 11 is 6.15. The van der Waals surface area contributed by atoms with Crippen molar-refractivity contribution in [1.82, 2.24) is 14.5 Å². The van der Waals surface area contributed by atoms with E-state index in [1.54, 1.807) is 0 Å². The molecule has 0 radical (unpaired) electrons. The van der Waals surface area contributed by atoms with Crippen molar-refractivity contribution in [3.8, 4) is 0 Å². The summed E-state index contributed by atoms with van der Waals surface area (Å²) in [6, 6.07) is 4.36. The molecule has 2 saturated heterocycles. The third-order valence-electron chi connectivity index (χ3n) is 4.79. The van der Waals surface area contributed by atoms with E-state index in [4.69, 9.17) is 16.3 Å². The van der Waals surface area contributed by atoms with Gasteiger partial charge in [0, 0.05) is 44.9 Å². The Balaban J connectivity index is 1.75. The zero-order chi connectivity index (χ0) is 18.7. The number of hydrogen-bond donors (Lipinski definition) is 1. The maximum atomic E-state index is 12.9. The number of piperazine rings is 1. The van der Waals surface area contributed by atoms with Crippen molar-refractivity contribution in [1.29, 1.82) is 0 Å². The molecule has 7 nitrogen and oxygen atoms in total. The van der Waals surface area contributed by atoms with E-state index >= 15 is 0 Å². The maximum absolute atomic E-state index is 12.9. The topological polar surface area (TPSA) is 79.0 Å². The van der Waals surface area contributed by atoms with Crippen LogP contribution in [0.15, 0.2) is 23.1 Å². The first-order valence-electron chi connectivity index (χ1n) is 8.76. The largest absolute Gasteiger partial charge is 0.376 e. The van der Waals surface area contributed by atoms with E-state index in [0.29, 0.717) is 32.7 Å². The molecule has 144 valence electrons. The van der Waals surface area contributed by atoms with Crippen LogP contribution in [0.4, 0.5) is 0 Å². The molecule has 1 aromatic carbocycles. The highest BCUT2D eigenvalue weighted by Gasteiger charge is 2.30. The fourth-order valence-electron chi connectivity index (χ4n) is 3.12. The third kappa shape index (κ3) is 4.37. The third-order valence-corrected chi connectivity index (χ3v) is 7.17. The van der Waals surface area contributed by atoms with Crippen LogP contribution in [0.25, 0.3) is 0 Å². The number of nitrogens with zero attached hydrogens (tertiary/aromatic N) is 2. The predicted molar refractivity (Wildman–Crippen MR) is 99.0 cm³/mol. The lowest BCUT2D eigenvalue weighted by atomic mass is 10.2. The molecule has 1 amide bonds. The van der Waals surface area contributed by atoms with Crippen LogP contribution in [-0.4, -0.2) is 76.0 Å². The fourth-order valence-corrected chi connectivity index (χ4v) is 5.05. The van der Waals surface area contributed by atoms with E-state index in [0.717, 1.165) is 19.4 Å². The summed E-state index contributed by atoms with van der Waals surface area (Å²) < 4.78 is 32.8. The number of halogens is 1. The molecule has 0 bridgehead atoms. The zero-order valence-electron chi connectivity index (χ0n) is 14.8. The minimum atomic E-state index is -3.73.